The van der Waals surface area contributed by atoms with Gasteiger partial charge in [0.05, 0.1) is 12.7 Å². The van der Waals surface area contributed by atoms with E-state index in [1.165, 1.54) is 24.0 Å². The Kier molecular flexibility index (Phi) is 5.42. The van der Waals surface area contributed by atoms with E-state index in [9.17, 15) is 0 Å². The lowest BCUT2D eigenvalue weighted by Gasteiger charge is -2.19. The zero-order valence-corrected chi connectivity index (χ0v) is 14.1. The van der Waals surface area contributed by atoms with Gasteiger partial charge < -0.3 is 13.9 Å². The number of epoxide rings is 1. The van der Waals surface area contributed by atoms with Crippen LogP contribution in [0, 0.1) is 0 Å². The molecule has 0 amide bonds. The van der Waals surface area contributed by atoms with Gasteiger partial charge >= 0.3 is 0 Å². The highest BCUT2D eigenvalue weighted by Gasteiger charge is 2.24. The number of unbranched alkanes of at least 4 members (excludes halogenated alkanes) is 1. The summed E-state index contributed by atoms with van der Waals surface area (Å²) in [5.74, 6) is 1.01. The van der Waals surface area contributed by atoms with E-state index >= 15 is 0 Å². The van der Waals surface area contributed by atoms with Crippen molar-refractivity contribution in [2.75, 3.05) is 13.2 Å². The Labute approximate surface area is 118 Å². The molecule has 1 aliphatic heterocycles. The molecule has 1 fully saturated rings. The molecule has 1 aliphatic rings. The van der Waals surface area contributed by atoms with Crippen LogP contribution >= 0.6 is 0 Å². The molecule has 0 spiro atoms. The monoisotopic (exact) mass is 280 g/mol. The van der Waals surface area contributed by atoms with Crippen LogP contribution in [0.2, 0.25) is 0 Å². The fourth-order valence-corrected chi connectivity index (χ4v) is 2.45. The number of hydrogen-bond acceptors (Lipinski definition) is 3. The third-order valence-electron chi connectivity index (χ3n) is 3.57. The number of ether oxygens (including phenoxy) is 2. The first-order valence-electron chi connectivity index (χ1n) is 7.15. The van der Waals surface area contributed by atoms with Crippen LogP contribution in [0.5, 0.6) is 5.75 Å². The normalized spacial score (nSPS) is 19.4. The molecule has 0 aliphatic carbocycles. The predicted molar refractivity (Wildman–Crippen MR) is 79.7 cm³/mol. The molecule has 0 N–H and O–H groups in total. The van der Waals surface area contributed by atoms with Crippen molar-refractivity contribution in [1.82, 2.24) is 0 Å². The van der Waals surface area contributed by atoms with E-state index < -0.39 is 0 Å². The van der Waals surface area contributed by atoms with E-state index in [0.717, 1.165) is 29.3 Å². The van der Waals surface area contributed by atoms with Crippen molar-refractivity contribution in [3.63, 3.8) is 0 Å². The van der Waals surface area contributed by atoms with Crippen molar-refractivity contribution in [2.24, 2.45) is 0 Å². The molecule has 4 heteroatoms. The van der Waals surface area contributed by atoms with Crippen LogP contribution < -0.4 is 4.74 Å². The van der Waals surface area contributed by atoms with Gasteiger partial charge in [0.15, 0.2) is 0 Å². The second-order valence-corrected chi connectivity index (χ2v) is 5.54. The molecule has 2 unspecified atom stereocenters. The van der Waals surface area contributed by atoms with Gasteiger partial charge in [-0.05, 0) is 37.0 Å². The third kappa shape index (κ3) is 4.06. The Bertz CT molecular complexity index is 404. The van der Waals surface area contributed by atoms with Crippen molar-refractivity contribution in [3.05, 3.63) is 29.3 Å². The topological polar surface area (TPSA) is 31.0 Å². The molecule has 0 bridgehead atoms. The quantitative estimate of drug-likeness (QED) is 0.540. The standard InChI is InChI=1S/C15H24O3Si/c1-3-4-6-14-13(11(2)18-19)7-5-8-15(14)17-10-12-9-16-12/h5,7-8,11-12H,3-4,6,9-10H2,1-2,19H3. The molecule has 2 rings (SSSR count). The van der Waals surface area contributed by atoms with Crippen molar-refractivity contribution in [2.45, 2.75) is 45.3 Å². The lowest BCUT2D eigenvalue weighted by atomic mass is 9.97. The van der Waals surface area contributed by atoms with Gasteiger partial charge in [-0.15, -0.1) is 0 Å². The summed E-state index contributed by atoms with van der Waals surface area (Å²) >= 11 is 0. The zero-order valence-electron chi connectivity index (χ0n) is 12.1. The maximum absolute atomic E-state index is 5.92. The Hall–Kier alpha value is -0.843. The number of hydrogen-bond donors (Lipinski definition) is 0. The van der Waals surface area contributed by atoms with Gasteiger partial charge in [0.2, 0.25) is 0 Å². The molecule has 106 valence electrons. The predicted octanol–water partition coefficient (Wildman–Crippen LogP) is 2.16. The Morgan fingerprint density at radius 1 is 1.47 bits per heavy atom. The van der Waals surface area contributed by atoms with Crippen LogP contribution in [0.25, 0.3) is 0 Å². The maximum Gasteiger partial charge on any atom is 0.146 e. The largest absolute Gasteiger partial charge is 0.490 e. The smallest absolute Gasteiger partial charge is 0.146 e. The Morgan fingerprint density at radius 2 is 2.26 bits per heavy atom. The summed E-state index contributed by atoms with van der Waals surface area (Å²) < 4.78 is 16.7. The summed E-state index contributed by atoms with van der Waals surface area (Å²) in [6.45, 7) is 5.84. The summed E-state index contributed by atoms with van der Waals surface area (Å²) in [5, 5.41) is 0. The average Bonchev–Trinajstić information content (AvgIpc) is 3.26. The minimum atomic E-state index is 0.166. The molecule has 0 aromatic heterocycles. The molecule has 0 saturated carbocycles. The van der Waals surface area contributed by atoms with Gasteiger partial charge in [0, 0.05) is 0 Å². The molecule has 0 radical (unpaired) electrons. The molecular formula is C15H24O3Si. The molecule has 1 aromatic carbocycles. The van der Waals surface area contributed by atoms with E-state index in [1.807, 2.05) is 0 Å². The first-order valence-corrected chi connectivity index (χ1v) is 7.96. The van der Waals surface area contributed by atoms with Crippen molar-refractivity contribution in [1.29, 1.82) is 0 Å². The Balaban J connectivity index is 2.17. The van der Waals surface area contributed by atoms with Gasteiger partial charge in [0.1, 0.15) is 28.9 Å². The molecule has 1 heterocycles. The first-order chi connectivity index (χ1) is 9.26. The highest BCUT2D eigenvalue weighted by atomic mass is 28.2. The van der Waals surface area contributed by atoms with Gasteiger partial charge in [-0.3, -0.25) is 0 Å². The minimum Gasteiger partial charge on any atom is -0.490 e. The summed E-state index contributed by atoms with van der Waals surface area (Å²) in [6.07, 6.45) is 3.90. The zero-order chi connectivity index (χ0) is 13.7. The molecule has 1 aromatic rings. The Morgan fingerprint density at radius 3 is 2.89 bits per heavy atom. The fourth-order valence-electron chi connectivity index (χ4n) is 2.19. The number of rotatable bonds is 8. The van der Waals surface area contributed by atoms with Crippen LogP contribution in [-0.2, 0) is 15.6 Å². The van der Waals surface area contributed by atoms with E-state index in [0.29, 0.717) is 12.7 Å². The SMILES string of the molecule is CCCCc1c(OCC2CO2)cccc1C(C)O[SiH3]. The van der Waals surface area contributed by atoms with Crippen LogP contribution in [0.1, 0.15) is 43.9 Å². The van der Waals surface area contributed by atoms with Crippen LogP contribution in [0.3, 0.4) is 0 Å². The molecular weight excluding hydrogens is 256 g/mol. The molecule has 1 saturated heterocycles. The van der Waals surface area contributed by atoms with E-state index in [-0.39, 0.29) is 6.10 Å². The van der Waals surface area contributed by atoms with Gasteiger partial charge in [0.25, 0.3) is 0 Å². The highest BCUT2D eigenvalue weighted by molar-refractivity contribution is 5.98. The molecule has 3 nitrogen and oxygen atoms in total. The van der Waals surface area contributed by atoms with Crippen LogP contribution in [0.15, 0.2) is 18.2 Å². The van der Waals surface area contributed by atoms with E-state index in [1.54, 1.807) is 0 Å². The van der Waals surface area contributed by atoms with Gasteiger partial charge in [-0.25, -0.2) is 0 Å². The van der Waals surface area contributed by atoms with Crippen molar-refractivity contribution >= 4 is 10.5 Å². The first kappa shape index (κ1) is 14.6. The third-order valence-corrected chi connectivity index (χ3v) is 4.28. The number of benzene rings is 1. The second kappa shape index (κ2) is 7.08. The van der Waals surface area contributed by atoms with E-state index in [2.05, 4.69) is 32.0 Å². The van der Waals surface area contributed by atoms with Crippen LogP contribution in [0.4, 0.5) is 0 Å². The fraction of sp³-hybridized carbons (Fsp3) is 0.600. The van der Waals surface area contributed by atoms with Crippen molar-refractivity contribution < 1.29 is 13.9 Å². The minimum absolute atomic E-state index is 0.166. The average molecular weight is 280 g/mol. The van der Waals surface area contributed by atoms with Crippen LogP contribution in [-0.4, -0.2) is 29.8 Å². The second-order valence-electron chi connectivity index (χ2n) is 5.07. The summed E-state index contributed by atoms with van der Waals surface area (Å²) in [4.78, 5) is 0. The van der Waals surface area contributed by atoms with Crippen molar-refractivity contribution in [3.8, 4) is 5.75 Å². The molecule has 19 heavy (non-hydrogen) atoms. The van der Waals surface area contributed by atoms with Gasteiger partial charge in [-0.1, -0.05) is 25.5 Å². The maximum atomic E-state index is 5.92. The van der Waals surface area contributed by atoms with E-state index in [4.69, 9.17) is 13.9 Å². The highest BCUT2D eigenvalue weighted by Crippen LogP contribution is 2.30. The summed E-state index contributed by atoms with van der Waals surface area (Å²) in [7, 11) is 0.757. The lowest BCUT2D eigenvalue weighted by molar-refractivity contribution is 0.243. The summed E-state index contributed by atoms with van der Waals surface area (Å²) in [5.41, 5.74) is 2.59. The lowest BCUT2D eigenvalue weighted by Crippen LogP contribution is -2.09. The van der Waals surface area contributed by atoms with Gasteiger partial charge in [-0.2, -0.15) is 0 Å². The summed E-state index contributed by atoms with van der Waals surface area (Å²) in [6, 6.07) is 6.29. The molecule has 2 atom stereocenters.